The van der Waals surface area contributed by atoms with Crippen LogP contribution in [0.2, 0.25) is 0 Å². The molecule has 8 aromatic rings. The normalized spacial score (nSPS) is 11.3. The predicted octanol–water partition coefficient (Wildman–Crippen LogP) is 12.6. The summed E-state index contributed by atoms with van der Waals surface area (Å²) in [5.41, 5.74) is 10.9. The number of rotatable bonds is 5. The summed E-state index contributed by atoms with van der Waals surface area (Å²) in [6, 6.07) is 59.9. The van der Waals surface area contributed by atoms with E-state index in [1.54, 1.807) is 0 Å². The molecule has 0 fully saturated rings. The van der Waals surface area contributed by atoms with E-state index in [0.717, 1.165) is 17.1 Å². The van der Waals surface area contributed by atoms with Crippen LogP contribution in [0.4, 0.5) is 17.1 Å². The molecule has 0 radical (unpaired) electrons. The number of benzene rings is 8. The molecular formula is C44H33N. The summed E-state index contributed by atoms with van der Waals surface area (Å²) in [5.74, 6) is 0. The Balaban J connectivity index is 1.10. The minimum Gasteiger partial charge on any atom is -0.311 e. The van der Waals surface area contributed by atoms with Gasteiger partial charge in [-0.2, -0.15) is 0 Å². The molecule has 0 heterocycles. The van der Waals surface area contributed by atoms with Crippen molar-refractivity contribution < 1.29 is 0 Å². The lowest BCUT2D eigenvalue weighted by Crippen LogP contribution is -2.09. The van der Waals surface area contributed by atoms with Crippen molar-refractivity contribution in [3.05, 3.63) is 175 Å². The lowest BCUT2D eigenvalue weighted by Gasteiger charge is -2.26. The zero-order valence-corrected chi connectivity index (χ0v) is 25.5. The molecule has 45 heavy (non-hydrogen) atoms. The monoisotopic (exact) mass is 575 g/mol. The van der Waals surface area contributed by atoms with Gasteiger partial charge in [0.15, 0.2) is 0 Å². The molecule has 0 spiro atoms. The molecule has 0 bridgehead atoms. The number of anilines is 3. The maximum Gasteiger partial charge on any atom is 0.0462 e. The lowest BCUT2D eigenvalue weighted by atomic mass is 9.95. The molecular weight excluding hydrogens is 542 g/mol. The van der Waals surface area contributed by atoms with Crippen molar-refractivity contribution in [1.82, 2.24) is 0 Å². The van der Waals surface area contributed by atoms with Gasteiger partial charge < -0.3 is 4.90 Å². The zero-order valence-electron chi connectivity index (χ0n) is 25.5. The summed E-state index contributed by atoms with van der Waals surface area (Å²) < 4.78 is 0. The van der Waals surface area contributed by atoms with Crippen molar-refractivity contribution in [3.8, 4) is 22.3 Å². The Morgan fingerprint density at radius 1 is 0.311 bits per heavy atom. The fourth-order valence-corrected chi connectivity index (χ4v) is 6.44. The van der Waals surface area contributed by atoms with Crippen LogP contribution in [0.3, 0.4) is 0 Å². The van der Waals surface area contributed by atoms with Crippen LogP contribution in [0, 0.1) is 13.8 Å². The third-order valence-corrected chi connectivity index (χ3v) is 8.96. The Morgan fingerprint density at radius 2 is 0.711 bits per heavy atom. The molecule has 214 valence electrons. The van der Waals surface area contributed by atoms with Gasteiger partial charge in [-0.15, -0.1) is 0 Å². The smallest absolute Gasteiger partial charge is 0.0462 e. The molecule has 0 N–H and O–H groups in total. The summed E-state index contributed by atoms with van der Waals surface area (Å²) >= 11 is 0. The van der Waals surface area contributed by atoms with Gasteiger partial charge in [-0.05, 0) is 123 Å². The van der Waals surface area contributed by atoms with E-state index < -0.39 is 0 Å². The van der Waals surface area contributed by atoms with Crippen molar-refractivity contribution in [3.63, 3.8) is 0 Å². The van der Waals surface area contributed by atoms with Gasteiger partial charge in [0.1, 0.15) is 0 Å². The molecule has 0 aromatic heterocycles. The Labute approximate surface area is 264 Å². The number of aryl methyl sites for hydroxylation is 2. The Hall–Kier alpha value is -5.66. The second-order valence-corrected chi connectivity index (χ2v) is 12.1. The lowest BCUT2D eigenvalue weighted by molar-refractivity contribution is 1.27. The van der Waals surface area contributed by atoms with Crippen LogP contribution in [-0.2, 0) is 0 Å². The highest BCUT2D eigenvalue weighted by Crippen LogP contribution is 2.37. The first-order valence-corrected chi connectivity index (χ1v) is 15.6. The molecule has 0 saturated carbocycles. The van der Waals surface area contributed by atoms with E-state index in [1.165, 1.54) is 65.7 Å². The van der Waals surface area contributed by atoms with E-state index in [-0.39, 0.29) is 0 Å². The third-order valence-electron chi connectivity index (χ3n) is 8.96. The first-order valence-electron chi connectivity index (χ1n) is 15.6. The van der Waals surface area contributed by atoms with Crippen molar-refractivity contribution in [1.29, 1.82) is 0 Å². The van der Waals surface area contributed by atoms with E-state index in [9.17, 15) is 0 Å². The van der Waals surface area contributed by atoms with Gasteiger partial charge >= 0.3 is 0 Å². The highest BCUT2D eigenvalue weighted by atomic mass is 15.1. The van der Waals surface area contributed by atoms with Gasteiger partial charge in [-0.1, -0.05) is 120 Å². The third kappa shape index (κ3) is 5.13. The number of fused-ring (bicyclic) bond motifs is 4. The second-order valence-electron chi connectivity index (χ2n) is 12.1. The summed E-state index contributed by atoms with van der Waals surface area (Å²) in [6.07, 6.45) is 0. The van der Waals surface area contributed by atoms with Gasteiger partial charge in [0.05, 0.1) is 0 Å². The van der Waals surface area contributed by atoms with E-state index in [2.05, 4.69) is 183 Å². The van der Waals surface area contributed by atoms with Gasteiger partial charge in [0.25, 0.3) is 0 Å². The molecule has 1 nitrogen and oxygen atoms in total. The van der Waals surface area contributed by atoms with Crippen LogP contribution in [0.15, 0.2) is 164 Å². The first-order chi connectivity index (χ1) is 22.1. The molecule has 0 aliphatic heterocycles. The van der Waals surface area contributed by atoms with Crippen molar-refractivity contribution in [2.75, 3.05) is 4.90 Å². The summed E-state index contributed by atoms with van der Waals surface area (Å²) in [7, 11) is 0. The van der Waals surface area contributed by atoms with Crippen LogP contribution < -0.4 is 4.90 Å². The van der Waals surface area contributed by atoms with E-state index in [1.807, 2.05) is 0 Å². The summed E-state index contributed by atoms with van der Waals surface area (Å²) in [4.78, 5) is 2.32. The van der Waals surface area contributed by atoms with Crippen LogP contribution in [-0.4, -0.2) is 0 Å². The minimum absolute atomic E-state index is 1.14. The van der Waals surface area contributed by atoms with E-state index >= 15 is 0 Å². The fraction of sp³-hybridized carbons (Fsp3) is 0.0455. The first kappa shape index (κ1) is 26.9. The minimum atomic E-state index is 1.14. The second kappa shape index (κ2) is 11.1. The van der Waals surface area contributed by atoms with Crippen LogP contribution >= 0.6 is 0 Å². The average molecular weight is 576 g/mol. The molecule has 8 rings (SSSR count). The molecule has 1 heteroatoms. The Bertz CT molecular complexity index is 2270. The van der Waals surface area contributed by atoms with Crippen molar-refractivity contribution in [2.45, 2.75) is 13.8 Å². The predicted molar refractivity (Wildman–Crippen MR) is 194 cm³/mol. The summed E-state index contributed by atoms with van der Waals surface area (Å²) in [5, 5.41) is 7.65. The number of hydrogen-bond acceptors (Lipinski definition) is 1. The zero-order chi connectivity index (χ0) is 30.3. The highest BCUT2D eigenvalue weighted by molar-refractivity contribution is 6.08. The van der Waals surface area contributed by atoms with Gasteiger partial charge in [0.2, 0.25) is 0 Å². The molecule has 0 aliphatic rings. The maximum absolute atomic E-state index is 2.32. The van der Waals surface area contributed by atoms with Crippen molar-refractivity contribution >= 4 is 49.4 Å². The fourth-order valence-electron chi connectivity index (χ4n) is 6.44. The quantitative estimate of drug-likeness (QED) is 0.185. The van der Waals surface area contributed by atoms with E-state index in [0.29, 0.717) is 0 Å². The molecule has 0 amide bonds. The molecule has 8 aromatic carbocycles. The number of hydrogen-bond donors (Lipinski definition) is 0. The Morgan fingerprint density at radius 3 is 1.31 bits per heavy atom. The summed E-state index contributed by atoms with van der Waals surface area (Å²) in [6.45, 7) is 4.26. The largest absolute Gasteiger partial charge is 0.311 e. The standard InChI is InChI=1S/C44H33N/c1-30-7-20-40(21-8-30)45(41-22-9-31(2)10-23-41)42-24-17-32(18-25-42)34-12-13-36-28-37(15-14-35(36)27-34)38-19-26-44-39(29-38)16-11-33-5-3-4-6-43(33)44/h3-29H,1-2H3. The van der Waals surface area contributed by atoms with Gasteiger partial charge in [0, 0.05) is 17.1 Å². The van der Waals surface area contributed by atoms with Gasteiger partial charge in [-0.3, -0.25) is 0 Å². The SMILES string of the molecule is Cc1ccc(N(c2ccc(C)cc2)c2ccc(-c3ccc4cc(-c5ccc6c(ccc7ccccc76)c5)ccc4c3)cc2)cc1. The van der Waals surface area contributed by atoms with Crippen LogP contribution in [0.1, 0.15) is 11.1 Å². The molecule has 0 saturated heterocycles. The van der Waals surface area contributed by atoms with Crippen LogP contribution in [0.25, 0.3) is 54.6 Å². The average Bonchev–Trinajstić information content (AvgIpc) is 3.09. The molecule has 0 atom stereocenters. The number of nitrogens with zero attached hydrogens (tertiary/aromatic N) is 1. The maximum atomic E-state index is 2.32. The Kier molecular flexibility index (Phi) is 6.65. The molecule has 0 unspecified atom stereocenters. The topological polar surface area (TPSA) is 3.24 Å². The van der Waals surface area contributed by atoms with Gasteiger partial charge in [-0.25, -0.2) is 0 Å². The van der Waals surface area contributed by atoms with Crippen molar-refractivity contribution in [2.24, 2.45) is 0 Å². The molecule has 0 aliphatic carbocycles. The van der Waals surface area contributed by atoms with E-state index in [4.69, 9.17) is 0 Å². The highest BCUT2D eigenvalue weighted by Gasteiger charge is 2.13. The van der Waals surface area contributed by atoms with Crippen LogP contribution in [0.5, 0.6) is 0 Å².